The van der Waals surface area contributed by atoms with Gasteiger partial charge in [-0.1, -0.05) is 41.4 Å². The number of hydrogen-bond donors (Lipinski definition) is 2. The monoisotopic (exact) mass is 414 g/mol. The summed E-state index contributed by atoms with van der Waals surface area (Å²) in [4.78, 5) is 26.3. The van der Waals surface area contributed by atoms with E-state index in [0.717, 1.165) is 29.7 Å². The highest BCUT2D eigenvalue weighted by molar-refractivity contribution is 6.31. The molecule has 3 aliphatic rings. The summed E-state index contributed by atoms with van der Waals surface area (Å²) in [6.45, 7) is 0.510. The summed E-state index contributed by atoms with van der Waals surface area (Å²) in [6.07, 6.45) is 2.42. The molecular weight excluding hydrogens is 395 g/mol. The molecule has 2 heterocycles. The second-order valence-electron chi connectivity index (χ2n) is 8.07. The predicted octanol–water partition coefficient (Wildman–Crippen LogP) is 4.51. The SMILES string of the molecule is O=C1C[C@H](c2cccc(Cl)c2)[C@@]2(C(=O)Nc3cc(Cl)ccc32)[C@H](C2CC2)CN1. The summed E-state index contributed by atoms with van der Waals surface area (Å²) in [5.41, 5.74) is 1.81. The Balaban J connectivity index is 1.78. The van der Waals surface area contributed by atoms with Crippen LogP contribution in [0, 0.1) is 11.8 Å². The topological polar surface area (TPSA) is 58.2 Å². The minimum absolute atomic E-state index is 0.0253. The van der Waals surface area contributed by atoms with Gasteiger partial charge < -0.3 is 10.6 Å². The highest BCUT2D eigenvalue weighted by Crippen LogP contribution is 2.59. The lowest BCUT2D eigenvalue weighted by Gasteiger charge is -2.40. The van der Waals surface area contributed by atoms with Crippen LogP contribution in [0.4, 0.5) is 5.69 Å². The standard InChI is InChI=1S/C22H20Cl2N2O2/c23-14-3-1-2-13(8-14)17-10-20(27)25-11-18(12-4-5-12)22(17)16-7-6-15(24)9-19(16)26-21(22)28/h1-3,6-9,12,17-18H,4-5,10-11H2,(H,25,27)(H,26,28)/t17-,18+,22-/m1/s1. The summed E-state index contributed by atoms with van der Waals surface area (Å²) in [7, 11) is 0. The van der Waals surface area contributed by atoms with Crippen LogP contribution in [-0.4, -0.2) is 18.4 Å². The van der Waals surface area contributed by atoms with Gasteiger partial charge in [-0.25, -0.2) is 0 Å². The smallest absolute Gasteiger partial charge is 0.236 e. The molecular formula is C22H20Cl2N2O2. The lowest BCUT2D eigenvalue weighted by Crippen LogP contribution is -2.49. The number of fused-ring (bicyclic) bond motifs is 2. The van der Waals surface area contributed by atoms with Crippen molar-refractivity contribution in [2.75, 3.05) is 11.9 Å². The number of carbonyl (C=O) groups excluding carboxylic acids is 2. The second-order valence-corrected chi connectivity index (χ2v) is 8.95. The molecule has 0 radical (unpaired) electrons. The summed E-state index contributed by atoms with van der Waals surface area (Å²) in [5, 5.41) is 7.33. The molecule has 2 fully saturated rings. The van der Waals surface area contributed by atoms with Crippen LogP contribution >= 0.6 is 23.2 Å². The minimum atomic E-state index is -0.815. The van der Waals surface area contributed by atoms with E-state index in [4.69, 9.17) is 23.2 Å². The first kappa shape index (κ1) is 18.0. The number of rotatable bonds is 2. The molecule has 0 bridgehead atoms. The van der Waals surface area contributed by atoms with Crippen LogP contribution in [-0.2, 0) is 15.0 Å². The van der Waals surface area contributed by atoms with E-state index in [-0.39, 0.29) is 30.1 Å². The molecule has 1 saturated carbocycles. The van der Waals surface area contributed by atoms with Crippen molar-refractivity contribution in [3.63, 3.8) is 0 Å². The molecule has 144 valence electrons. The molecule has 2 aliphatic heterocycles. The molecule has 6 heteroatoms. The van der Waals surface area contributed by atoms with Crippen LogP contribution in [0.15, 0.2) is 42.5 Å². The maximum Gasteiger partial charge on any atom is 0.236 e. The first-order chi connectivity index (χ1) is 13.5. The van der Waals surface area contributed by atoms with Gasteiger partial charge in [0, 0.05) is 34.6 Å². The Morgan fingerprint density at radius 1 is 1.00 bits per heavy atom. The van der Waals surface area contributed by atoms with Gasteiger partial charge in [0.15, 0.2) is 0 Å². The van der Waals surface area contributed by atoms with Crippen LogP contribution in [0.1, 0.15) is 36.3 Å². The van der Waals surface area contributed by atoms with Gasteiger partial charge >= 0.3 is 0 Å². The van der Waals surface area contributed by atoms with E-state index >= 15 is 0 Å². The molecule has 2 aromatic carbocycles. The van der Waals surface area contributed by atoms with Gasteiger partial charge in [-0.2, -0.15) is 0 Å². The van der Waals surface area contributed by atoms with Gasteiger partial charge in [-0.15, -0.1) is 0 Å². The Hall–Kier alpha value is -2.04. The third kappa shape index (κ3) is 2.66. The number of amides is 2. The number of carbonyl (C=O) groups is 2. The van der Waals surface area contributed by atoms with Gasteiger partial charge in [-0.05, 0) is 60.1 Å². The van der Waals surface area contributed by atoms with E-state index in [1.54, 1.807) is 0 Å². The quantitative estimate of drug-likeness (QED) is 0.758. The van der Waals surface area contributed by atoms with Crippen molar-refractivity contribution in [3.05, 3.63) is 63.6 Å². The highest BCUT2D eigenvalue weighted by Gasteiger charge is 2.61. The number of halogens is 2. The molecule has 0 unspecified atom stereocenters. The van der Waals surface area contributed by atoms with E-state index < -0.39 is 5.41 Å². The molecule has 2 N–H and O–H groups in total. The zero-order chi connectivity index (χ0) is 19.5. The molecule has 28 heavy (non-hydrogen) atoms. The van der Waals surface area contributed by atoms with Gasteiger partial charge in [0.1, 0.15) is 0 Å². The van der Waals surface area contributed by atoms with Crippen molar-refractivity contribution >= 4 is 40.7 Å². The van der Waals surface area contributed by atoms with Crippen LogP contribution < -0.4 is 10.6 Å². The minimum Gasteiger partial charge on any atom is -0.356 e. The zero-order valence-corrected chi connectivity index (χ0v) is 16.7. The van der Waals surface area contributed by atoms with Crippen LogP contribution in [0.2, 0.25) is 10.0 Å². The molecule has 2 amide bonds. The summed E-state index contributed by atoms with van der Waals surface area (Å²) < 4.78 is 0. The Kier molecular flexibility index (Phi) is 4.18. The fourth-order valence-corrected chi connectivity index (χ4v) is 5.62. The molecule has 0 aromatic heterocycles. The number of anilines is 1. The molecule has 4 nitrogen and oxygen atoms in total. The van der Waals surface area contributed by atoms with Gasteiger partial charge in [-0.3, -0.25) is 9.59 Å². The highest BCUT2D eigenvalue weighted by atomic mass is 35.5. The van der Waals surface area contributed by atoms with Gasteiger partial charge in [0.25, 0.3) is 0 Å². The van der Waals surface area contributed by atoms with Crippen molar-refractivity contribution in [2.24, 2.45) is 11.8 Å². The normalized spacial score (nSPS) is 29.2. The summed E-state index contributed by atoms with van der Waals surface area (Å²) >= 11 is 12.5. The van der Waals surface area contributed by atoms with Crippen molar-refractivity contribution in [3.8, 4) is 0 Å². The lowest BCUT2D eigenvalue weighted by molar-refractivity contribution is -0.124. The number of nitrogens with one attached hydrogen (secondary N) is 2. The zero-order valence-electron chi connectivity index (χ0n) is 15.2. The largest absolute Gasteiger partial charge is 0.356 e. The van der Waals surface area contributed by atoms with E-state index in [0.29, 0.717) is 22.5 Å². The first-order valence-corrected chi connectivity index (χ1v) is 10.4. The average molecular weight is 415 g/mol. The predicted molar refractivity (Wildman–Crippen MR) is 110 cm³/mol. The lowest BCUT2D eigenvalue weighted by atomic mass is 9.59. The third-order valence-electron chi connectivity index (χ3n) is 6.54. The Morgan fingerprint density at radius 2 is 1.79 bits per heavy atom. The van der Waals surface area contributed by atoms with E-state index in [9.17, 15) is 9.59 Å². The van der Waals surface area contributed by atoms with Gasteiger partial charge in [0.2, 0.25) is 11.8 Å². The molecule has 1 spiro atoms. The second kappa shape index (κ2) is 6.50. The van der Waals surface area contributed by atoms with Crippen molar-refractivity contribution in [1.82, 2.24) is 5.32 Å². The van der Waals surface area contributed by atoms with E-state index in [1.165, 1.54) is 0 Å². The first-order valence-electron chi connectivity index (χ1n) is 9.64. The molecule has 1 saturated heterocycles. The molecule has 5 rings (SSSR count). The van der Waals surface area contributed by atoms with Gasteiger partial charge in [0.05, 0.1) is 5.41 Å². The summed E-state index contributed by atoms with van der Waals surface area (Å²) in [6, 6.07) is 13.2. The van der Waals surface area contributed by atoms with Crippen LogP contribution in [0.3, 0.4) is 0 Å². The Labute approximate surface area is 173 Å². The van der Waals surface area contributed by atoms with Crippen LogP contribution in [0.5, 0.6) is 0 Å². The van der Waals surface area contributed by atoms with Crippen molar-refractivity contribution < 1.29 is 9.59 Å². The maximum atomic E-state index is 13.7. The van der Waals surface area contributed by atoms with E-state index in [1.807, 2.05) is 42.5 Å². The third-order valence-corrected chi connectivity index (χ3v) is 7.01. The fourth-order valence-electron chi connectivity index (χ4n) is 5.25. The van der Waals surface area contributed by atoms with Crippen molar-refractivity contribution in [2.45, 2.75) is 30.6 Å². The number of hydrogen-bond acceptors (Lipinski definition) is 2. The molecule has 3 atom stereocenters. The molecule has 1 aliphatic carbocycles. The summed E-state index contributed by atoms with van der Waals surface area (Å²) in [5.74, 6) is 0.102. The van der Waals surface area contributed by atoms with E-state index in [2.05, 4.69) is 10.6 Å². The molecule has 2 aromatic rings. The fraction of sp³-hybridized carbons (Fsp3) is 0.364. The van der Waals surface area contributed by atoms with Crippen LogP contribution in [0.25, 0.3) is 0 Å². The maximum absolute atomic E-state index is 13.7. The van der Waals surface area contributed by atoms with Crippen molar-refractivity contribution in [1.29, 1.82) is 0 Å². The average Bonchev–Trinajstić information content (AvgIpc) is 3.45. The Morgan fingerprint density at radius 3 is 2.54 bits per heavy atom. The number of benzene rings is 2. The Bertz CT molecular complexity index is 988.